The molecule has 0 spiro atoms. The van der Waals surface area contributed by atoms with Crippen LogP contribution < -0.4 is 21.7 Å². The van der Waals surface area contributed by atoms with Crippen LogP contribution in [-0.4, -0.2) is 119 Å². The van der Waals surface area contributed by atoms with Crippen LogP contribution in [0.15, 0.2) is 42.5 Å². The molecule has 7 N–H and O–H groups in total. The first-order chi connectivity index (χ1) is 24.2. The Hall–Kier alpha value is -3.61. The zero-order valence-corrected chi connectivity index (χ0v) is 30.4. The second kappa shape index (κ2) is 16.8. The number of piperidine rings is 1. The van der Waals surface area contributed by atoms with E-state index in [1.54, 1.807) is 0 Å². The molecule has 3 aliphatic rings. The van der Waals surface area contributed by atoms with Crippen LogP contribution in [0.1, 0.15) is 24.8 Å². The molecule has 20 heteroatoms. The highest BCUT2D eigenvalue weighted by molar-refractivity contribution is 8.14. The van der Waals surface area contributed by atoms with Crippen molar-refractivity contribution < 1.29 is 47.9 Å². The minimum absolute atomic E-state index is 0.0673. The first-order valence-corrected chi connectivity index (χ1v) is 20.9. The number of carbonyl (C=O) groups is 7. The molecule has 0 aromatic heterocycles. The van der Waals surface area contributed by atoms with E-state index in [4.69, 9.17) is 5.73 Å². The number of amides is 7. The van der Waals surface area contributed by atoms with Crippen molar-refractivity contribution in [3.8, 4) is 0 Å². The zero-order valence-electron chi connectivity index (χ0n) is 27.1. The summed E-state index contributed by atoms with van der Waals surface area (Å²) in [5.41, 5.74) is 5.78. The number of hydrogen-bond donors (Lipinski definition) is 6. The Balaban J connectivity index is 1.31. The summed E-state index contributed by atoms with van der Waals surface area (Å²) in [5.74, 6) is -4.13. The van der Waals surface area contributed by atoms with Gasteiger partial charge in [-0.15, -0.1) is 11.8 Å². The van der Waals surface area contributed by atoms with Crippen LogP contribution in [-0.2, 0) is 35.0 Å². The van der Waals surface area contributed by atoms with E-state index in [0.717, 1.165) is 44.8 Å². The molecule has 7 amide bonds. The zero-order chi connectivity index (χ0) is 36.9. The van der Waals surface area contributed by atoms with Crippen molar-refractivity contribution >= 4 is 93.7 Å². The molecule has 0 saturated carbocycles. The average molecular weight is 781 g/mol. The highest BCUT2D eigenvalue weighted by Gasteiger charge is 2.46. The van der Waals surface area contributed by atoms with E-state index in [9.17, 15) is 47.9 Å². The summed E-state index contributed by atoms with van der Waals surface area (Å²) in [4.78, 5) is 112. The van der Waals surface area contributed by atoms with E-state index in [1.807, 2.05) is 42.5 Å². The highest BCUT2D eigenvalue weighted by atomic mass is 32.2. The fourth-order valence-electron chi connectivity index (χ4n) is 6.04. The number of nitrogens with zero attached hydrogens (tertiary/aromatic N) is 2. The number of hydrogen-bond acceptors (Lipinski definition) is 11. The van der Waals surface area contributed by atoms with Crippen LogP contribution in [0.5, 0.6) is 0 Å². The van der Waals surface area contributed by atoms with Gasteiger partial charge in [-0.25, -0.2) is 0 Å². The number of primary amides is 1. The molecule has 3 saturated heterocycles. The summed E-state index contributed by atoms with van der Waals surface area (Å²) in [6, 6.07) is 7.35. The number of thioether (sulfide) groups is 3. The Kier molecular flexibility index (Phi) is 12.7. The van der Waals surface area contributed by atoms with Gasteiger partial charge in [0.2, 0.25) is 23.6 Å². The molecule has 5 atom stereocenters. The SMILES string of the molecule is NC(=O)[C@H](Cc1ccc2ccccc2c1)NC(=O)[C@@H]1CCCCN1C(=O)[C@H](CSCP(=O)(O)O)NC(=O)C1CSC(=O)N1C(=O)C1CSC(=O)N1. The second-order valence-electron chi connectivity index (χ2n) is 12.2. The maximum atomic E-state index is 14.1. The topological polar surface area (TPSA) is 246 Å². The largest absolute Gasteiger partial charge is 0.368 e. The molecule has 2 unspecified atom stereocenters. The van der Waals surface area contributed by atoms with Crippen LogP contribution in [0.2, 0.25) is 0 Å². The van der Waals surface area contributed by atoms with E-state index in [2.05, 4.69) is 16.0 Å². The van der Waals surface area contributed by atoms with Crippen LogP contribution in [0.3, 0.4) is 0 Å². The molecule has 2 aromatic rings. The second-order valence-corrected chi connectivity index (χ2v) is 17.3. The summed E-state index contributed by atoms with van der Waals surface area (Å²) >= 11 is 2.29. The van der Waals surface area contributed by atoms with Gasteiger partial charge < -0.3 is 36.4 Å². The maximum absolute atomic E-state index is 14.1. The van der Waals surface area contributed by atoms with Gasteiger partial charge in [0.05, 0.1) is 5.49 Å². The average Bonchev–Trinajstić information content (AvgIpc) is 3.71. The molecule has 3 heterocycles. The fourth-order valence-corrected chi connectivity index (χ4v) is 9.60. The summed E-state index contributed by atoms with van der Waals surface area (Å²) in [6.45, 7) is 0.111. The van der Waals surface area contributed by atoms with Gasteiger partial charge in [0.25, 0.3) is 16.4 Å². The lowest BCUT2D eigenvalue weighted by molar-refractivity contribution is -0.145. The number of carbonyl (C=O) groups excluding carboxylic acids is 7. The van der Waals surface area contributed by atoms with E-state index in [-0.39, 0.29) is 36.6 Å². The standard InChI is InChI=1S/C31H37N6O10PS3/c32-25(38)20(12-17-8-9-18-5-1-2-6-19(18)11-17)33-26(39)23-7-3-4-10-36(23)28(41)21(13-49-16-48(45,46)47)34-27(40)24-15-51-31(44)37(24)29(42)22-14-50-30(43)35-22/h1-2,5-6,8-9,11,20-24H,3-4,7,10,12-16H2,(H2,32,38)(H,33,39)(H,34,40)(H,35,43)(H2,45,46,47)/t20-,21-,22?,23-,24?/m0/s1. The summed E-state index contributed by atoms with van der Waals surface area (Å²) in [5, 5.41) is 8.47. The van der Waals surface area contributed by atoms with Gasteiger partial charge in [-0.3, -0.25) is 43.0 Å². The van der Waals surface area contributed by atoms with Crippen molar-refractivity contribution in [1.29, 1.82) is 0 Å². The molecule has 0 bridgehead atoms. The van der Waals surface area contributed by atoms with Crippen molar-refractivity contribution in [2.24, 2.45) is 5.73 Å². The van der Waals surface area contributed by atoms with Crippen molar-refractivity contribution in [2.75, 3.05) is 29.3 Å². The Morgan fingerprint density at radius 2 is 1.67 bits per heavy atom. The first kappa shape index (κ1) is 38.6. The van der Waals surface area contributed by atoms with Crippen LogP contribution in [0, 0.1) is 0 Å². The Morgan fingerprint density at radius 1 is 0.961 bits per heavy atom. The van der Waals surface area contributed by atoms with Crippen molar-refractivity contribution in [3.63, 3.8) is 0 Å². The molecule has 2 aromatic carbocycles. The monoisotopic (exact) mass is 780 g/mol. The third kappa shape index (κ3) is 9.84. The molecular weight excluding hydrogens is 744 g/mol. The van der Waals surface area contributed by atoms with Gasteiger partial charge >= 0.3 is 7.60 Å². The van der Waals surface area contributed by atoms with Crippen LogP contribution in [0.25, 0.3) is 10.8 Å². The van der Waals surface area contributed by atoms with Gasteiger partial charge in [0, 0.05) is 30.2 Å². The third-order valence-electron chi connectivity index (χ3n) is 8.55. The molecule has 5 rings (SSSR count). The number of imide groups is 1. The summed E-state index contributed by atoms with van der Waals surface area (Å²) in [7, 11) is -4.50. The molecule has 0 aliphatic carbocycles. The number of nitrogens with two attached hydrogens (primary N) is 1. The maximum Gasteiger partial charge on any atom is 0.335 e. The molecule has 0 radical (unpaired) electrons. The molecule has 274 valence electrons. The lowest BCUT2D eigenvalue weighted by Crippen LogP contribution is -2.61. The lowest BCUT2D eigenvalue weighted by Gasteiger charge is -2.37. The van der Waals surface area contributed by atoms with Crippen LogP contribution in [0.4, 0.5) is 9.59 Å². The van der Waals surface area contributed by atoms with Gasteiger partial charge in [-0.1, -0.05) is 66.0 Å². The third-order valence-corrected chi connectivity index (χ3v) is 13.0. The Bertz CT molecular complexity index is 1780. The predicted octanol–water partition coefficient (Wildman–Crippen LogP) is 0.976. The molecule has 3 fully saturated rings. The summed E-state index contributed by atoms with van der Waals surface area (Å²) < 4.78 is 11.6. The van der Waals surface area contributed by atoms with Gasteiger partial charge in [-0.2, -0.15) is 0 Å². The van der Waals surface area contributed by atoms with E-state index < -0.39 is 83.3 Å². The number of benzene rings is 2. The molecular formula is C31H37N6O10PS3. The van der Waals surface area contributed by atoms with Crippen LogP contribution >= 0.6 is 42.9 Å². The minimum Gasteiger partial charge on any atom is -0.368 e. The van der Waals surface area contributed by atoms with E-state index in [0.29, 0.717) is 24.6 Å². The quantitative estimate of drug-likeness (QED) is 0.156. The van der Waals surface area contributed by atoms with E-state index >= 15 is 0 Å². The van der Waals surface area contributed by atoms with Gasteiger partial charge in [0.15, 0.2) is 0 Å². The minimum atomic E-state index is -4.50. The first-order valence-electron chi connectivity index (χ1n) is 16.0. The number of fused-ring (bicyclic) bond motifs is 1. The number of likely N-dealkylation sites (tertiary alicyclic amines) is 1. The Morgan fingerprint density at radius 3 is 2.35 bits per heavy atom. The number of rotatable bonds is 13. The molecule has 51 heavy (non-hydrogen) atoms. The number of nitrogens with one attached hydrogen (secondary N) is 3. The van der Waals surface area contributed by atoms with E-state index in [1.165, 1.54) is 4.90 Å². The highest BCUT2D eigenvalue weighted by Crippen LogP contribution is 2.39. The van der Waals surface area contributed by atoms with Gasteiger partial charge in [0.1, 0.15) is 30.2 Å². The van der Waals surface area contributed by atoms with Crippen molar-refractivity contribution in [1.82, 2.24) is 25.8 Å². The van der Waals surface area contributed by atoms with Gasteiger partial charge in [-0.05, 0) is 35.6 Å². The molecule has 16 nitrogen and oxygen atoms in total. The van der Waals surface area contributed by atoms with Crippen molar-refractivity contribution in [2.45, 2.75) is 55.9 Å². The lowest BCUT2D eigenvalue weighted by atomic mass is 9.98. The molecule has 3 aliphatic heterocycles. The normalized spacial score (nSPS) is 22.0. The Labute approximate surface area is 305 Å². The fraction of sp³-hybridized carbons (Fsp3) is 0.452. The van der Waals surface area contributed by atoms with Crippen molar-refractivity contribution in [3.05, 3.63) is 48.0 Å². The smallest absolute Gasteiger partial charge is 0.335 e. The predicted molar refractivity (Wildman–Crippen MR) is 193 cm³/mol. The summed E-state index contributed by atoms with van der Waals surface area (Å²) in [6.07, 6.45) is 1.42.